The van der Waals surface area contributed by atoms with Gasteiger partial charge < -0.3 is 10.3 Å². The number of nitrogens with zero attached hydrogens (tertiary/aromatic N) is 3. The molecule has 18 heavy (non-hydrogen) atoms. The number of halogens is 3. The summed E-state index contributed by atoms with van der Waals surface area (Å²) < 4.78 is 39.5. The number of rotatable bonds is 2. The molecule has 1 unspecified atom stereocenters. The second-order valence-corrected chi connectivity index (χ2v) is 4.07. The molecule has 2 aromatic rings. The topological polar surface area (TPSA) is 56.7 Å². The maximum atomic E-state index is 12.6. The van der Waals surface area contributed by atoms with Crippen molar-refractivity contribution in [1.29, 1.82) is 0 Å². The Morgan fingerprint density at radius 1 is 1.44 bits per heavy atom. The Morgan fingerprint density at radius 3 is 2.61 bits per heavy atom. The minimum Gasteiger partial charge on any atom is -0.326 e. The van der Waals surface area contributed by atoms with E-state index in [2.05, 4.69) is 9.97 Å². The number of aryl methyl sites for hydroxylation is 1. The van der Waals surface area contributed by atoms with Crippen molar-refractivity contribution < 1.29 is 13.2 Å². The Morgan fingerprint density at radius 2 is 2.11 bits per heavy atom. The zero-order chi connectivity index (χ0) is 13.5. The molecule has 0 amide bonds. The lowest BCUT2D eigenvalue weighted by Crippen LogP contribution is -2.13. The third-order valence-electron chi connectivity index (χ3n) is 2.69. The van der Waals surface area contributed by atoms with Gasteiger partial charge in [0.25, 0.3) is 0 Å². The first-order valence-corrected chi connectivity index (χ1v) is 5.53. The predicted octanol–water partition coefficient (Wildman–Crippen LogP) is 2.49. The zero-order valence-electron chi connectivity index (χ0n) is 9.99. The van der Waals surface area contributed by atoms with Gasteiger partial charge in [-0.1, -0.05) is 0 Å². The van der Waals surface area contributed by atoms with Crippen LogP contribution < -0.4 is 5.73 Å². The summed E-state index contributed by atoms with van der Waals surface area (Å²) in [5.41, 5.74) is 5.62. The van der Waals surface area contributed by atoms with Crippen molar-refractivity contribution in [2.45, 2.75) is 32.6 Å². The second-order valence-electron chi connectivity index (χ2n) is 4.07. The smallest absolute Gasteiger partial charge is 0.326 e. The van der Waals surface area contributed by atoms with Crippen molar-refractivity contribution in [2.24, 2.45) is 5.73 Å². The average molecular weight is 258 g/mol. The van der Waals surface area contributed by atoms with Crippen molar-refractivity contribution >= 4 is 11.2 Å². The molecular weight excluding hydrogens is 245 g/mol. The van der Waals surface area contributed by atoms with Gasteiger partial charge in [-0.2, -0.15) is 13.2 Å². The third kappa shape index (κ3) is 2.05. The van der Waals surface area contributed by atoms with Gasteiger partial charge in [-0.05, 0) is 19.9 Å². The molecule has 0 radical (unpaired) electrons. The van der Waals surface area contributed by atoms with Crippen LogP contribution in [0.1, 0.15) is 31.3 Å². The number of imidazole rings is 1. The standard InChI is InChI=1S/C11H13F3N4/c1-3-18-8-4-7(11(12,13)14)5-16-9(8)17-10(18)6(2)15/h4-6H,3,15H2,1-2H3. The van der Waals surface area contributed by atoms with Crippen LogP contribution in [0.2, 0.25) is 0 Å². The monoisotopic (exact) mass is 258 g/mol. The molecule has 0 aliphatic heterocycles. The summed E-state index contributed by atoms with van der Waals surface area (Å²) in [7, 11) is 0. The highest BCUT2D eigenvalue weighted by atomic mass is 19.4. The van der Waals surface area contributed by atoms with Crippen LogP contribution in [0.15, 0.2) is 12.3 Å². The summed E-state index contributed by atoms with van der Waals surface area (Å²) in [6, 6.07) is 0.707. The first-order chi connectivity index (χ1) is 8.34. The van der Waals surface area contributed by atoms with Crippen molar-refractivity contribution in [3.8, 4) is 0 Å². The fourth-order valence-electron chi connectivity index (χ4n) is 1.86. The van der Waals surface area contributed by atoms with Gasteiger partial charge in [-0.15, -0.1) is 0 Å². The van der Waals surface area contributed by atoms with E-state index in [1.54, 1.807) is 11.5 Å². The van der Waals surface area contributed by atoms with Gasteiger partial charge in [-0.3, -0.25) is 0 Å². The van der Waals surface area contributed by atoms with Gasteiger partial charge in [-0.25, -0.2) is 9.97 Å². The summed E-state index contributed by atoms with van der Waals surface area (Å²) in [4.78, 5) is 7.92. The molecule has 0 aliphatic carbocycles. The molecule has 4 nitrogen and oxygen atoms in total. The molecular formula is C11H13F3N4. The van der Waals surface area contributed by atoms with Crippen molar-refractivity contribution in [3.63, 3.8) is 0 Å². The van der Waals surface area contributed by atoms with Crippen molar-refractivity contribution in [1.82, 2.24) is 14.5 Å². The Labute approximate surface area is 102 Å². The molecule has 0 bridgehead atoms. The average Bonchev–Trinajstić information content (AvgIpc) is 2.65. The van der Waals surface area contributed by atoms with Crippen molar-refractivity contribution in [2.75, 3.05) is 0 Å². The molecule has 0 saturated heterocycles. The second kappa shape index (κ2) is 4.24. The van der Waals surface area contributed by atoms with Crippen LogP contribution in [0.4, 0.5) is 13.2 Å². The molecule has 0 aliphatic rings. The lowest BCUT2D eigenvalue weighted by molar-refractivity contribution is -0.137. The number of alkyl halides is 3. The number of fused-ring (bicyclic) bond motifs is 1. The summed E-state index contributed by atoms with van der Waals surface area (Å²) in [6.07, 6.45) is -3.61. The van der Waals surface area contributed by atoms with Gasteiger partial charge >= 0.3 is 6.18 Å². The number of hydrogen-bond acceptors (Lipinski definition) is 3. The van der Waals surface area contributed by atoms with Crippen molar-refractivity contribution in [3.05, 3.63) is 23.7 Å². The molecule has 2 heterocycles. The molecule has 0 aromatic carbocycles. The summed E-state index contributed by atoms with van der Waals surface area (Å²) in [5, 5.41) is 0. The highest BCUT2D eigenvalue weighted by Gasteiger charge is 2.31. The highest BCUT2D eigenvalue weighted by molar-refractivity contribution is 5.72. The SMILES string of the molecule is CCn1c(C(C)N)nc2ncc(C(F)(F)F)cc21. The van der Waals surface area contributed by atoms with Gasteiger partial charge in [0, 0.05) is 12.7 Å². The number of nitrogens with two attached hydrogens (primary N) is 1. The van der Waals surface area contributed by atoms with Crippen LogP contribution in [-0.2, 0) is 12.7 Å². The first-order valence-electron chi connectivity index (χ1n) is 5.53. The van der Waals surface area contributed by atoms with E-state index in [-0.39, 0.29) is 11.7 Å². The molecule has 2 aromatic heterocycles. The summed E-state index contributed by atoms with van der Waals surface area (Å²) in [6.45, 7) is 4.06. The molecule has 1 atom stereocenters. The number of pyridine rings is 1. The maximum Gasteiger partial charge on any atom is 0.417 e. The van der Waals surface area contributed by atoms with Crippen LogP contribution in [0.25, 0.3) is 11.2 Å². The first kappa shape index (κ1) is 12.8. The van der Waals surface area contributed by atoms with Gasteiger partial charge in [0.1, 0.15) is 5.82 Å². The lowest BCUT2D eigenvalue weighted by Gasteiger charge is -2.09. The van der Waals surface area contributed by atoms with E-state index in [1.807, 2.05) is 6.92 Å². The Balaban J connectivity index is 2.68. The van der Waals surface area contributed by atoms with Crippen LogP contribution in [0, 0.1) is 0 Å². The molecule has 2 rings (SSSR count). The zero-order valence-corrected chi connectivity index (χ0v) is 9.99. The highest BCUT2D eigenvalue weighted by Crippen LogP contribution is 2.31. The van der Waals surface area contributed by atoms with Gasteiger partial charge in [0.15, 0.2) is 5.65 Å². The van der Waals surface area contributed by atoms with E-state index in [9.17, 15) is 13.2 Å². The maximum absolute atomic E-state index is 12.6. The Hall–Kier alpha value is -1.63. The van der Waals surface area contributed by atoms with E-state index < -0.39 is 11.7 Å². The minimum absolute atomic E-state index is 0.289. The lowest BCUT2D eigenvalue weighted by atomic mass is 10.2. The van der Waals surface area contributed by atoms with Crippen LogP contribution in [0.3, 0.4) is 0 Å². The van der Waals surface area contributed by atoms with Gasteiger partial charge in [0.2, 0.25) is 0 Å². The Bertz CT molecular complexity index is 571. The van der Waals surface area contributed by atoms with Crippen LogP contribution in [0.5, 0.6) is 0 Å². The fraction of sp³-hybridized carbons (Fsp3) is 0.455. The van der Waals surface area contributed by atoms with E-state index in [4.69, 9.17) is 5.73 Å². The number of aromatic nitrogens is 3. The molecule has 7 heteroatoms. The van der Waals surface area contributed by atoms with Gasteiger partial charge in [0.05, 0.1) is 17.1 Å². The molecule has 2 N–H and O–H groups in total. The van der Waals surface area contributed by atoms with E-state index >= 15 is 0 Å². The predicted molar refractivity (Wildman–Crippen MR) is 60.8 cm³/mol. The summed E-state index contributed by atoms with van der Waals surface area (Å²) in [5.74, 6) is 0.541. The third-order valence-corrected chi connectivity index (χ3v) is 2.69. The summed E-state index contributed by atoms with van der Waals surface area (Å²) >= 11 is 0. The minimum atomic E-state index is -4.40. The fourth-order valence-corrected chi connectivity index (χ4v) is 1.86. The normalized spacial score (nSPS) is 14.1. The van der Waals surface area contributed by atoms with E-state index in [1.165, 1.54) is 0 Å². The molecule has 0 spiro atoms. The molecule has 0 saturated carbocycles. The van der Waals surface area contributed by atoms with Crippen LogP contribution >= 0.6 is 0 Å². The van der Waals surface area contributed by atoms with Crippen LogP contribution in [-0.4, -0.2) is 14.5 Å². The Kier molecular flexibility index (Phi) is 3.02. The number of hydrogen-bond donors (Lipinski definition) is 1. The largest absolute Gasteiger partial charge is 0.417 e. The molecule has 98 valence electrons. The molecule has 0 fully saturated rings. The van der Waals surface area contributed by atoms with E-state index in [0.717, 1.165) is 12.3 Å². The quantitative estimate of drug-likeness (QED) is 0.900. The van der Waals surface area contributed by atoms with E-state index in [0.29, 0.717) is 17.9 Å².